The van der Waals surface area contributed by atoms with Gasteiger partial charge in [-0.15, -0.1) is 0 Å². The van der Waals surface area contributed by atoms with Crippen LogP contribution in [0.15, 0.2) is 18.2 Å². The zero-order valence-corrected chi connectivity index (χ0v) is 11.4. The molecule has 0 aromatic heterocycles. The highest BCUT2D eigenvalue weighted by Crippen LogP contribution is 2.27. The van der Waals surface area contributed by atoms with Gasteiger partial charge >= 0.3 is 0 Å². The van der Waals surface area contributed by atoms with Gasteiger partial charge in [0, 0.05) is 28.7 Å². The van der Waals surface area contributed by atoms with Gasteiger partial charge < -0.3 is 11.1 Å². The number of hydrogen-bond donors (Lipinski definition) is 2. The van der Waals surface area contributed by atoms with Crippen LogP contribution >= 0.6 is 11.6 Å². The maximum atomic E-state index is 13.8. The van der Waals surface area contributed by atoms with Gasteiger partial charge in [-0.25, -0.2) is 4.39 Å². The Hall–Kier alpha value is -0.640. The van der Waals surface area contributed by atoms with E-state index < -0.39 is 0 Å². The standard InChI is InChI=1S/C14H20ClFN2/c1-9(14-12(15)3-2-4-13(14)16)18-11-7-5-10(17)6-8-11/h2-4,9-11,18H,5-8,17H2,1H3. The van der Waals surface area contributed by atoms with Crippen LogP contribution in [0, 0.1) is 5.82 Å². The minimum Gasteiger partial charge on any atom is -0.328 e. The Morgan fingerprint density at radius 1 is 1.33 bits per heavy atom. The molecule has 0 heterocycles. The fourth-order valence-corrected chi connectivity index (χ4v) is 2.97. The Labute approximate surface area is 113 Å². The van der Waals surface area contributed by atoms with E-state index in [9.17, 15) is 4.39 Å². The van der Waals surface area contributed by atoms with Gasteiger partial charge in [-0.2, -0.15) is 0 Å². The Balaban J connectivity index is 2.01. The van der Waals surface area contributed by atoms with Crippen molar-refractivity contribution in [1.29, 1.82) is 0 Å². The van der Waals surface area contributed by atoms with Crippen LogP contribution in [-0.4, -0.2) is 12.1 Å². The fraction of sp³-hybridized carbons (Fsp3) is 0.571. The average Bonchev–Trinajstić information content (AvgIpc) is 2.32. The SMILES string of the molecule is CC(NC1CCC(N)CC1)c1c(F)cccc1Cl. The lowest BCUT2D eigenvalue weighted by Gasteiger charge is -2.30. The molecule has 2 nitrogen and oxygen atoms in total. The molecule has 100 valence electrons. The van der Waals surface area contributed by atoms with Crippen molar-refractivity contribution < 1.29 is 4.39 Å². The molecule has 0 radical (unpaired) electrons. The highest BCUT2D eigenvalue weighted by Gasteiger charge is 2.22. The van der Waals surface area contributed by atoms with E-state index in [-0.39, 0.29) is 11.9 Å². The van der Waals surface area contributed by atoms with E-state index in [0.29, 0.717) is 22.7 Å². The van der Waals surface area contributed by atoms with Crippen LogP contribution in [0.5, 0.6) is 0 Å². The van der Waals surface area contributed by atoms with Gasteiger partial charge in [0.2, 0.25) is 0 Å². The van der Waals surface area contributed by atoms with Gasteiger partial charge in [0.1, 0.15) is 5.82 Å². The first-order chi connectivity index (χ1) is 8.58. The lowest BCUT2D eigenvalue weighted by Crippen LogP contribution is -2.38. The summed E-state index contributed by atoms with van der Waals surface area (Å²) in [7, 11) is 0. The van der Waals surface area contributed by atoms with Crippen LogP contribution in [0.2, 0.25) is 5.02 Å². The first kappa shape index (κ1) is 13.8. The first-order valence-corrected chi connectivity index (χ1v) is 6.91. The van der Waals surface area contributed by atoms with E-state index in [4.69, 9.17) is 17.3 Å². The molecule has 1 aromatic carbocycles. The second kappa shape index (κ2) is 6.00. The lowest BCUT2D eigenvalue weighted by atomic mass is 9.91. The molecule has 3 N–H and O–H groups in total. The number of benzene rings is 1. The van der Waals surface area contributed by atoms with Gasteiger partial charge in [-0.05, 0) is 44.7 Å². The zero-order chi connectivity index (χ0) is 13.1. The molecule has 0 spiro atoms. The normalized spacial score (nSPS) is 26.0. The highest BCUT2D eigenvalue weighted by molar-refractivity contribution is 6.31. The van der Waals surface area contributed by atoms with Gasteiger partial charge in [0.15, 0.2) is 0 Å². The largest absolute Gasteiger partial charge is 0.328 e. The molecule has 1 fully saturated rings. The van der Waals surface area contributed by atoms with Crippen LogP contribution in [0.1, 0.15) is 44.2 Å². The van der Waals surface area contributed by atoms with Gasteiger partial charge in [-0.1, -0.05) is 17.7 Å². The maximum absolute atomic E-state index is 13.8. The summed E-state index contributed by atoms with van der Waals surface area (Å²) in [6, 6.07) is 5.49. The number of nitrogens with one attached hydrogen (secondary N) is 1. The van der Waals surface area contributed by atoms with E-state index in [1.807, 2.05) is 6.92 Å². The second-order valence-electron chi connectivity index (χ2n) is 5.14. The molecule has 1 saturated carbocycles. The predicted octanol–water partition coefficient (Wildman–Crippen LogP) is 3.40. The topological polar surface area (TPSA) is 38.0 Å². The molecule has 0 saturated heterocycles. The van der Waals surface area contributed by atoms with Crippen LogP contribution in [0.3, 0.4) is 0 Å². The van der Waals surface area contributed by atoms with Crippen molar-refractivity contribution in [2.75, 3.05) is 0 Å². The monoisotopic (exact) mass is 270 g/mol. The first-order valence-electron chi connectivity index (χ1n) is 6.53. The average molecular weight is 271 g/mol. The summed E-state index contributed by atoms with van der Waals surface area (Å²) in [5.41, 5.74) is 6.44. The molecule has 1 aliphatic rings. The second-order valence-corrected chi connectivity index (χ2v) is 5.54. The Kier molecular flexibility index (Phi) is 4.60. The molecular weight excluding hydrogens is 251 g/mol. The van der Waals surface area contributed by atoms with Crippen LogP contribution in [0.25, 0.3) is 0 Å². The number of rotatable bonds is 3. The summed E-state index contributed by atoms with van der Waals surface area (Å²) in [4.78, 5) is 0. The summed E-state index contributed by atoms with van der Waals surface area (Å²) in [5, 5.41) is 3.95. The maximum Gasteiger partial charge on any atom is 0.129 e. The summed E-state index contributed by atoms with van der Waals surface area (Å²) in [5.74, 6) is -0.241. The fourth-order valence-electron chi connectivity index (χ4n) is 2.65. The minimum atomic E-state index is -0.241. The molecule has 0 bridgehead atoms. The Morgan fingerprint density at radius 2 is 2.00 bits per heavy atom. The number of nitrogens with two attached hydrogens (primary N) is 1. The molecule has 0 amide bonds. The molecular formula is C14H20ClFN2. The van der Waals surface area contributed by atoms with Gasteiger partial charge in [0.25, 0.3) is 0 Å². The minimum absolute atomic E-state index is 0.0713. The van der Waals surface area contributed by atoms with Crippen molar-refractivity contribution in [2.45, 2.75) is 50.7 Å². The highest BCUT2D eigenvalue weighted by atomic mass is 35.5. The van der Waals surface area contributed by atoms with Gasteiger partial charge in [0.05, 0.1) is 0 Å². The molecule has 1 atom stereocenters. The molecule has 18 heavy (non-hydrogen) atoms. The summed E-state index contributed by atoms with van der Waals surface area (Å²) < 4.78 is 13.8. The van der Waals surface area contributed by atoms with Crippen molar-refractivity contribution >= 4 is 11.6 Å². The molecule has 1 unspecified atom stereocenters. The third kappa shape index (κ3) is 3.22. The Bertz CT molecular complexity index is 383. The van der Waals surface area contributed by atoms with Crippen molar-refractivity contribution in [3.63, 3.8) is 0 Å². The van der Waals surface area contributed by atoms with E-state index in [1.54, 1.807) is 12.1 Å². The number of halogens is 2. The van der Waals surface area contributed by atoms with Gasteiger partial charge in [-0.3, -0.25) is 0 Å². The van der Waals surface area contributed by atoms with Crippen LogP contribution < -0.4 is 11.1 Å². The summed E-state index contributed by atoms with van der Waals surface area (Å²) >= 11 is 6.07. The van der Waals surface area contributed by atoms with Crippen molar-refractivity contribution in [3.05, 3.63) is 34.6 Å². The predicted molar refractivity (Wildman–Crippen MR) is 73.2 cm³/mol. The molecule has 1 aromatic rings. The van der Waals surface area contributed by atoms with Crippen LogP contribution in [0.4, 0.5) is 4.39 Å². The summed E-state index contributed by atoms with van der Waals surface area (Å²) in [6.07, 6.45) is 4.18. The molecule has 1 aliphatic carbocycles. The van der Waals surface area contributed by atoms with E-state index in [0.717, 1.165) is 25.7 Å². The quantitative estimate of drug-likeness (QED) is 0.883. The Morgan fingerprint density at radius 3 is 2.61 bits per heavy atom. The lowest BCUT2D eigenvalue weighted by molar-refractivity contribution is 0.319. The van der Waals surface area contributed by atoms with Crippen molar-refractivity contribution in [3.8, 4) is 0 Å². The number of hydrogen-bond acceptors (Lipinski definition) is 2. The van der Waals surface area contributed by atoms with Crippen molar-refractivity contribution in [1.82, 2.24) is 5.32 Å². The van der Waals surface area contributed by atoms with E-state index in [2.05, 4.69) is 5.32 Å². The molecule has 4 heteroatoms. The third-order valence-corrected chi connectivity index (χ3v) is 4.02. The molecule has 2 rings (SSSR count). The van der Waals surface area contributed by atoms with E-state index in [1.165, 1.54) is 6.07 Å². The smallest absolute Gasteiger partial charge is 0.129 e. The molecule has 0 aliphatic heterocycles. The zero-order valence-electron chi connectivity index (χ0n) is 10.6. The van der Waals surface area contributed by atoms with Crippen molar-refractivity contribution in [2.24, 2.45) is 5.73 Å². The van der Waals surface area contributed by atoms with Crippen LogP contribution in [-0.2, 0) is 0 Å². The summed E-state index contributed by atoms with van der Waals surface area (Å²) in [6.45, 7) is 1.96. The van der Waals surface area contributed by atoms with E-state index >= 15 is 0 Å². The third-order valence-electron chi connectivity index (χ3n) is 3.69.